The van der Waals surface area contributed by atoms with E-state index in [2.05, 4.69) is 46.4 Å². The lowest BCUT2D eigenvalue weighted by Crippen LogP contribution is -2.01. The van der Waals surface area contributed by atoms with E-state index in [9.17, 15) is 0 Å². The average molecular weight is 366 g/mol. The standard InChI is InChI=1S/C23H18N4O/c1-16-25-22-14-18(8-9-23(22)28-16)17-5-4-6-19(13-17)21-10-12-27(26-21)15-20-7-2-3-11-24-20/h2-14H,15H2,1H3. The van der Waals surface area contributed by atoms with Gasteiger partial charge in [0.2, 0.25) is 0 Å². The molecule has 136 valence electrons. The summed E-state index contributed by atoms with van der Waals surface area (Å²) in [7, 11) is 0. The van der Waals surface area contributed by atoms with E-state index in [1.165, 1.54) is 0 Å². The first-order valence-corrected chi connectivity index (χ1v) is 9.16. The molecular formula is C23H18N4O. The predicted octanol–water partition coefficient (Wildman–Crippen LogP) is 5.11. The summed E-state index contributed by atoms with van der Waals surface area (Å²) < 4.78 is 7.49. The molecule has 0 amide bonds. The molecular weight excluding hydrogens is 348 g/mol. The van der Waals surface area contributed by atoms with Crippen LogP contribution in [0.1, 0.15) is 11.6 Å². The van der Waals surface area contributed by atoms with Gasteiger partial charge in [0, 0.05) is 24.9 Å². The molecule has 0 aliphatic heterocycles. The number of oxazole rings is 1. The van der Waals surface area contributed by atoms with Gasteiger partial charge in [0.1, 0.15) is 5.52 Å². The fourth-order valence-electron chi connectivity index (χ4n) is 3.34. The number of hydrogen-bond donors (Lipinski definition) is 0. The van der Waals surface area contributed by atoms with Gasteiger partial charge in [-0.25, -0.2) is 4.98 Å². The number of nitrogens with zero attached hydrogens (tertiary/aromatic N) is 4. The first-order valence-electron chi connectivity index (χ1n) is 9.16. The van der Waals surface area contributed by atoms with Crippen LogP contribution < -0.4 is 0 Å². The van der Waals surface area contributed by atoms with Crippen LogP contribution in [0.5, 0.6) is 0 Å². The van der Waals surface area contributed by atoms with E-state index in [1.807, 2.05) is 48.1 Å². The highest BCUT2D eigenvalue weighted by Gasteiger charge is 2.08. The summed E-state index contributed by atoms with van der Waals surface area (Å²) in [6, 6.07) is 22.4. The Kier molecular flexibility index (Phi) is 3.98. The zero-order chi connectivity index (χ0) is 18.9. The van der Waals surface area contributed by atoms with Crippen LogP contribution in [0, 0.1) is 6.92 Å². The molecule has 0 unspecified atom stereocenters. The maximum atomic E-state index is 5.57. The predicted molar refractivity (Wildman–Crippen MR) is 109 cm³/mol. The van der Waals surface area contributed by atoms with Crippen LogP contribution in [0.15, 0.2) is 83.5 Å². The van der Waals surface area contributed by atoms with Gasteiger partial charge in [-0.2, -0.15) is 5.10 Å². The van der Waals surface area contributed by atoms with Crippen LogP contribution in [0.3, 0.4) is 0 Å². The third-order valence-electron chi connectivity index (χ3n) is 4.68. The van der Waals surface area contributed by atoms with E-state index in [0.29, 0.717) is 12.4 Å². The van der Waals surface area contributed by atoms with Crippen molar-refractivity contribution in [2.24, 2.45) is 0 Å². The Morgan fingerprint density at radius 2 is 1.79 bits per heavy atom. The number of rotatable bonds is 4. The molecule has 5 aromatic rings. The van der Waals surface area contributed by atoms with Gasteiger partial charge in [-0.3, -0.25) is 9.67 Å². The van der Waals surface area contributed by atoms with Gasteiger partial charge in [-0.1, -0.05) is 30.3 Å². The minimum Gasteiger partial charge on any atom is -0.441 e. The van der Waals surface area contributed by atoms with Crippen molar-refractivity contribution in [1.82, 2.24) is 19.7 Å². The van der Waals surface area contributed by atoms with E-state index in [1.54, 1.807) is 6.20 Å². The highest BCUT2D eigenvalue weighted by molar-refractivity contribution is 5.81. The number of aromatic nitrogens is 4. The molecule has 0 bridgehead atoms. The van der Waals surface area contributed by atoms with Crippen LogP contribution in [-0.2, 0) is 6.54 Å². The molecule has 0 fully saturated rings. The van der Waals surface area contributed by atoms with Gasteiger partial charge < -0.3 is 4.42 Å². The minimum absolute atomic E-state index is 0.655. The molecule has 5 nitrogen and oxygen atoms in total. The van der Waals surface area contributed by atoms with E-state index >= 15 is 0 Å². The minimum atomic E-state index is 0.655. The molecule has 0 atom stereocenters. The Labute approximate surface area is 162 Å². The Bertz CT molecular complexity index is 1250. The van der Waals surface area contributed by atoms with Crippen molar-refractivity contribution in [1.29, 1.82) is 0 Å². The highest BCUT2D eigenvalue weighted by Crippen LogP contribution is 2.28. The molecule has 0 radical (unpaired) electrons. The number of aryl methyl sites for hydroxylation is 1. The fourth-order valence-corrected chi connectivity index (χ4v) is 3.34. The smallest absolute Gasteiger partial charge is 0.192 e. The summed E-state index contributed by atoms with van der Waals surface area (Å²) in [4.78, 5) is 8.80. The largest absolute Gasteiger partial charge is 0.441 e. The van der Waals surface area contributed by atoms with E-state index in [-0.39, 0.29) is 0 Å². The van der Waals surface area contributed by atoms with Crippen LogP contribution in [0.4, 0.5) is 0 Å². The molecule has 28 heavy (non-hydrogen) atoms. The molecule has 0 saturated heterocycles. The Hall–Kier alpha value is -3.73. The number of benzene rings is 2. The van der Waals surface area contributed by atoms with Crippen molar-refractivity contribution in [2.45, 2.75) is 13.5 Å². The Morgan fingerprint density at radius 1 is 0.893 bits per heavy atom. The Morgan fingerprint density at radius 3 is 2.68 bits per heavy atom. The zero-order valence-electron chi connectivity index (χ0n) is 15.4. The average Bonchev–Trinajstić information content (AvgIpc) is 3.34. The number of fused-ring (bicyclic) bond motifs is 1. The van der Waals surface area contributed by atoms with E-state index < -0.39 is 0 Å². The van der Waals surface area contributed by atoms with Crippen LogP contribution in [0.25, 0.3) is 33.5 Å². The zero-order valence-corrected chi connectivity index (χ0v) is 15.4. The third kappa shape index (κ3) is 3.18. The van der Waals surface area contributed by atoms with Gasteiger partial charge in [-0.15, -0.1) is 0 Å². The molecule has 2 aromatic carbocycles. The third-order valence-corrected chi connectivity index (χ3v) is 4.68. The monoisotopic (exact) mass is 366 g/mol. The first-order chi connectivity index (χ1) is 13.7. The van der Waals surface area contributed by atoms with Gasteiger partial charge in [0.15, 0.2) is 11.5 Å². The molecule has 3 aromatic heterocycles. The Balaban J connectivity index is 1.45. The summed E-state index contributed by atoms with van der Waals surface area (Å²) in [6.45, 7) is 2.52. The maximum absolute atomic E-state index is 5.57. The maximum Gasteiger partial charge on any atom is 0.192 e. The molecule has 3 heterocycles. The molecule has 5 rings (SSSR count). The second-order valence-corrected chi connectivity index (χ2v) is 6.72. The number of hydrogen-bond acceptors (Lipinski definition) is 4. The van der Waals surface area contributed by atoms with E-state index in [0.717, 1.165) is 39.2 Å². The lowest BCUT2D eigenvalue weighted by Gasteiger charge is -2.04. The van der Waals surface area contributed by atoms with Crippen molar-refractivity contribution >= 4 is 11.1 Å². The second kappa shape index (κ2) is 6.78. The van der Waals surface area contributed by atoms with Crippen LogP contribution in [0.2, 0.25) is 0 Å². The lowest BCUT2D eigenvalue weighted by atomic mass is 10.0. The van der Waals surface area contributed by atoms with Gasteiger partial charge in [0.05, 0.1) is 17.9 Å². The summed E-state index contributed by atoms with van der Waals surface area (Å²) in [5, 5.41) is 4.71. The van der Waals surface area contributed by atoms with Crippen molar-refractivity contribution in [3.05, 3.63) is 90.7 Å². The quantitative estimate of drug-likeness (QED) is 0.443. The van der Waals surface area contributed by atoms with Crippen molar-refractivity contribution in [3.63, 3.8) is 0 Å². The van der Waals surface area contributed by atoms with Crippen LogP contribution in [-0.4, -0.2) is 19.7 Å². The first kappa shape index (κ1) is 16.4. The second-order valence-electron chi connectivity index (χ2n) is 6.72. The van der Waals surface area contributed by atoms with Crippen molar-refractivity contribution < 1.29 is 4.42 Å². The molecule has 5 heteroatoms. The summed E-state index contributed by atoms with van der Waals surface area (Å²) >= 11 is 0. The normalized spacial score (nSPS) is 11.2. The van der Waals surface area contributed by atoms with Crippen LogP contribution >= 0.6 is 0 Å². The van der Waals surface area contributed by atoms with Crippen molar-refractivity contribution in [3.8, 4) is 22.4 Å². The van der Waals surface area contributed by atoms with Gasteiger partial charge >= 0.3 is 0 Å². The fraction of sp³-hybridized carbons (Fsp3) is 0.0870. The van der Waals surface area contributed by atoms with Gasteiger partial charge in [-0.05, 0) is 47.5 Å². The molecule has 0 N–H and O–H groups in total. The molecule has 0 aliphatic rings. The SMILES string of the molecule is Cc1nc2cc(-c3cccc(-c4ccn(Cc5ccccn5)n4)c3)ccc2o1. The summed E-state index contributed by atoms with van der Waals surface area (Å²) in [6.07, 6.45) is 3.79. The summed E-state index contributed by atoms with van der Waals surface area (Å²) in [5.74, 6) is 0.680. The van der Waals surface area contributed by atoms with Gasteiger partial charge in [0.25, 0.3) is 0 Å². The molecule has 0 aliphatic carbocycles. The summed E-state index contributed by atoms with van der Waals surface area (Å²) in [5.41, 5.74) is 6.92. The highest BCUT2D eigenvalue weighted by atomic mass is 16.3. The molecule has 0 saturated carbocycles. The van der Waals surface area contributed by atoms with Crippen molar-refractivity contribution in [2.75, 3.05) is 0 Å². The molecule has 0 spiro atoms. The number of pyridine rings is 1. The van der Waals surface area contributed by atoms with E-state index in [4.69, 9.17) is 9.52 Å². The lowest BCUT2D eigenvalue weighted by molar-refractivity contribution is 0.561. The topological polar surface area (TPSA) is 56.7 Å².